The van der Waals surface area contributed by atoms with Gasteiger partial charge in [-0.15, -0.1) is 0 Å². The van der Waals surface area contributed by atoms with Crippen LogP contribution in [0.4, 0.5) is 0 Å². The lowest BCUT2D eigenvalue weighted by Gasteiger charge is -2.32. The van der Waals surface area contributed by atoms with Crippen LogP contribution in [0.5, 0.6) is 0 Å². The van der Waals surface area contributed by atoms with E-state index >= 15 is 0 Å². The minimum Gasteiger partial charge on any atom is -0.400 e. The van der Waals surface area contributed by atoms with Gasteiger partial charge in [0.25, 0.3) is 0 Å². The monoisotopic (exact) mass is 250 g/mol. The summed E-state index contributed by atoms with van der Waals surface area (Å²) in [5, 5.41) is 0. The van der Waals surface area contributed by atoms with Gasteiger partial charge in [-0.3, -0.25) is 0 Å². The maximum Gasteiger partial charge on any atom is 0.487 e. The quantitative estimate of drug-likeness (QED) is 0.655. The van der Waals surface area contributed by atoms with Crippen molar-refractivity contribution in [2.75, 3.05) is 0 Å². The molecule has 18 heavy (non-hydrogen) atoms. The highest BCUT2D eigenvalue weighted by Crippen LogP contribution is 2.39. The lowest BCUT2D eigenvalue weighted by Crippen LogP contribution is -2.41. The maximum absolute atomic E-state index is 6.04. The van der Waals surface area contributed by atoms with Crippen molar-refractivity contribution in [1.82, 2.24) is 0 Å². The van der Waals surface area contributed by atoms with E-state index in [9.17, 15) is 0 Å². The molecular formula is C15H27BO2. The predicted molar refractivity (Wildman–Crippen MR) is 76.3 cm³/mol. The predicted octanol–water partition coefficient (Wildman–Crippen LogP) is 4.00. The van der Waals surface area contributed by atoms with Gasteiger partial charge in [0.05, 0.1) is 11.2 Å². The zero-order valence-electron chi connectivity index (χ0n) is 12.7. The van der Waals surface area contributed by atoms with Gasteiger partial charge in [-0.2, -0.15) is 0 Å². The van der Waals surface area contributed by atoms with Crippen molar-refractivity contribution >= 4 is 7.12 Å². The Morgan fingerprint density at radius 3 is 1.89 bits per heavy atom. The average Bonchev–Trinajstić information content (AvgIpc) is 2.31. The Morgan fingerprint density at radius 2 is 1.44 bits per heavy atom. The van der Waals surface area contributed by atoms with E-state index in [2.05, 4.69) is 47.5 Å². The fourth-order valence-electron chi connectivity index (χ4n) is 3.12. The Labute approximate surface area is 112 Å². The molecular weight excluding hydrogens is 223 g/mol. The van der Waals surface area contributed by atoms with Crippen LogP contribution in [0.3, 0.4) is 0 Å². The zero-order chi connectivity index (χ0) is 13.6. The second kappa shape index (κ2) is 4.68. The van der Waals surface area contributed by atoms with Crippen LogP contribution in [-0.2, 0) is 9.31 Å². The van der Waals surface area contributed by atoms with Crippen LogP contribution in [0, 0.1) is 11.8 Å². The largest absolute Gasteiger partial charge is 0.487 e. The molecule has 0 N–H and O–H groups in total. The van der Waals surface area contributed by atoms with Gasteiger partial charge in [0.1, 0.15) is 0 Å². The topological polar surface area (TPSA) is 18.5 Å². The lowest BCUT2D eigenvalue weighted by molar-refractivity contribution is 0.00578. The second-order valence-corrected chi connectivity index (χ2v) is 7.30. The fraction of sp³-hybridized carbons (Fsp3) is 0.867. The molecule has 3 heteroatoms. The first-order valence-electron chi connectivity index (χ1n) is 7.25. The van der Waals surface area contributed by atoms with Gasteiger partial charge in [0.15, 0.2) is 0 Å². The van der Waals surface area contributed by atoms with E-state index in [0.29, 0.717) is 0 Å². The van der Waals surface area contributed by atoms with Gasteiger partial charge < -0.3 is 9.31 Å². The molecule has 1 aliphatic carbocycles. The van der Waals surface area contributed by atoms with Gasteiger partial charge in [0, 0.05) is 0 Å². The van der Waals surface area contributed by atoms with Gasteiger partial charge in [-0.1, -0.05) is 25.4 Å². The van der Waals surface area contributed by atoms with Crippen LogP contribution in [0.2, 0.25) is 0 Å². The van der Waals surface area contributed by atoms with E-state index < -0.39 is 0 Å². The molecule has 1 heterocycles. The molecule has 102 valence electrons. The number of hydrogen-bond acceptors (Lipinski definition) is 2. The zero-order valence-corrected chi connectivity index (χ0v) is 12.7. The molecule has 2 unspecified atom stereocenters. The highest BCUT2D eigenvalue weighted by atomic mass is 16.7. The van der Waals surface area contributed by atoms with Gasteiger partial charge in [-0.25, -0.2) is 0 Å². The molecule has 0 bridgehead atoms. The summed E-state index contributed by atoms with van der Waals surface area (Å²) in [6.45, 7) is 13.1. The van der Waals surface area contributed by atoms with Crippen LogP contribution in [0.25, 0.3) is 0 Å². The molecule has 2 nitrogen and oxygen atoms in total. The smallest absolute Gasteiger partial charge is 0.400 e. The molecule has 1 saturated carbocycles. The minimum atomic E-state index is -0.222. The Kier molecular flexibility index (Phi) is 3.68. The summed E-state index contributed by atoms with van der Waals surface area (Å²) >= 11 is 0. The Bertz CT molecular complexity index is 318. The first kappa shape index (κ1) is 14.1. The number of rotatable bonds is 1. The van der Waals surface area contributed by atoms with E-state index in [4.69, 9.17) is 9.31 Å². The summed E-state index contributed by atoms with van der Waals surface area (Å²) in [5.74, 6) is 3.81. The highest BCUT2D eigenvalue weighted by molar-refractivity contribution is 6.51. The lowest BCUT2D eigenvalue weighted by atomic mass is 9.75. The molecule has 2 fully saturated rings. The van der Waals surface area contributed by atoms with Crippen molar-refractivity contribution in [3.8, 4) is 0 Å². The molecule has 1 aliphatic heterocycles. The SMILES string of the molecule is CC1CC(=CB2OC(C)(C)C(C)(C)O2)CC(C)C1. The van der Waals surface area contributed by atoms with Gasteiger partial charge in [-0.05, 0) is 58.8 Å². The maximum atomic E-state index is 6.04. The van der Waals surface area contributed by atoms with E-state index in [1.807, 2.05) is 0 Å². The highest BCUT2D eigenvalue weighted by Gasteiger charge is 2.50. The van der Waals surface area contributed by atoms with Crippen molar-refractivity contribution in [1.29, 1.82) is 0 Å². The van der Waals surface area contributed by atoms with E-state index in [1.165, 1.54) is 24.8 Å². The van der Waals surface area contributed by atoms with Crippen molar-refractivity contribution < 1.29 is 9.31 Å². The van der Waals surface area contributed by atoms with Crippen LogP contribution in [0.15, 0.2) is 11.5 Å². The second-order valence-electron chi connectivity index (χ2n) is 7.30. The summed E-state index contributed by atoms with van der Waals surface area (Å²) in [5.41, 5.74) is 1.07. The minimum absolute atomic E-state index is 0.164. The molecule has 2 aliphatic rings. The van der Waals surface area contributed by atoms with Crippen LogP contribution < -0.4 is 0 Å². The normalized spacial score (nSPS) is 34.8. The number of hydrogen-bond donors (Lipinski definition) is 0. The number of allylic oxidation sites excluding steroid dienone is 1. The van der Waals surface area contributed by atoms with E-state index in [-0.39, 0.29) is 18.3 Å². The van der Waals surface area contributed by atoms with Crippen molar-refractivity contribution in [2.24, 2.45) is 11.8 Å². The molecule has 0 aromatic rings. The Balaban J connectivity index is 2.06. The Morgan fingerprint density at radius 1 is 1.00 bits per heavy atom. The molecule has 0 radical (unpaired) electrons. The molecule has 0 aromatic heterocycles. The van der Waals surface area contributed by atoms with Crippen LogP contribution in [0.1, 0.15) is 60.8 Å². The molecule has 2 atom stereocenters. The summed E-state index contributed by atoms with van der Waals surface area (Å²) in [6, 6.07) is 0. The first-order valence-corrected chi connectivity index (χ1v) is 7.25. The molecule has 0 aromatic carbocycles. The summed E-state index contributed by atoms with van der Waals surface area (Å²) in [6.07, 6.45) is 3.75. The molecule has 1 saturated heterocycles. The molecule has 2 rings (SSSR count). The van der Waals surface area contributed by atoms with Crippen LogP contribution in [-0.4, -0.2) is 18.3 Å². The van der Waals surface area contributed by atoms with E-state index in [0.717, 1.165) is 11.8 Å². The fourth-order valence-corrected chi connectivity index (χ4v) is 3.12. The Hall–Kier alpha value is -0.275. The third-order valence-corrected chi connectivity index (χ3v) is 4.67. The van der Waals surface area contributed by atoms with Crippen LogP contribution >= 0.6 is 0 Å². The molecule has 0 spiro atoms. The summed E-state index contributed by atoms with van der Waals surface area (Å²) in [7, 11) is -0.164. The van der Waals surface area contributed by atoms with Crippen molar-refractivity contribution in [3.63, 3.8) is 0 Å². The third kappa shape index (κ3) is 2.83. The average molecular weight is 250 g/mol. The summed E-state index contributed by atoms with van der Waals surface area (Å²) < 4.78 is 12.1. The summed E-state index contributed by atoms with van der Waals surface area (Å²) in [4.78, 5) is 0. The first-order chi connectivity index (χ1) is 8.19. The van der Waals surface area contributed by atoms with Gasteiger partial charge in [0.2, 0.25) is 0 Å². The van der Waals surface area contributed by atoms with Crippen molar-refractivity contribution in [2.45, 2.75) is 72.0 Å². The van der Waals surface area contributed by atoms with Gasteiger partial charge >= 0.3 is 7.12 Å². The third-order valence-electron chi connectivity index (χ3n) is 4.67. The van der Waals surface area contributed by atoms with Crippen molar-refractivity contribution in [3.05, 3.63) is 11.5 Å². The van der Waals surface area contributed by atoms with E-state index in [1.54, 1.807) is 0 Å². The molecule has 0 amide bonds. The standard InChI is InChI=1S/C15H27BO2/c1-11-7-12(2)9-13(8-11)10-16-17-14(3,4)15(5,6)18-16/h10-12H,7-9H2,1-6H3.